The van der Waals surface area contributed by atoms with Crippen LogP contribution in [-0.2, 0) is 11.3 Å². The molecule has 0 fully saturated rings. The summed E-state index contributed by atoms with van der Waals surface area (Å²) in [5.74, 6) is -0.408. The molecular weight excluding hydrogens is 376 g/mol. The molecule has 0 aliphatic carbocycles. The highest BCUT2D eigenvalue weighted by Gasteiger charge is 2.10. The Labute approximate surface area is 176 Å². The van der Waals surface area contributed by atoms with Gasteiger partial charge in [-0.3, -0.25) is 14.3 Å². The number of anilines is 1. The predicted molar refractivity (Wildman–Crippen MR) is 119 cm³/mol. The van der Waals surface area contributed by atoms with E-state index in [4.69, 9.17) is 0 Å². The highest BCUT2D eigenvalue weighted by atomic mass is 16.2. The van der Waals surface area contributed by atoms with Crippen LogP contribution >= 0.6 is 0 Å². The minimum atomic E-state index is -0.243. The van der Waals surface area contributed by atoms with Crippen LogP contribution in [0.3, 0.4) is 0 Å². The van der Waals surface area contributed by atoms with Gasteiger partial charge in [0.1, 0.15) is 0 Å². The van der Waals surface area contributed by atoms with E-state index in [-0.39, 0.29) is 11.8 Å². The zero-order chi connectivity index (χ0) is 21.7. The average Bonchev–Trinajstić information content (AvgIpc) is 3.00. The normalized spacial score (nSPS) is 10.9. The summed E-state index contributed by atoms with van der Waals surface area (Å²) in [4.78, 5) is 23.9. The van der Waals surface area contributed by atoms with Gasteiger partial charge in [-0.2, -0.15) is 5.10 Å². The molecule has 3 rings (SSSR count). The van der Waals surface area contributed by atoms with Crippen molar-refractivity contribution in [1.29, 1.82) is 0 Å². The molecule has 0 atom stereocenters. The van der Waals surface area contributed by atoms with Crippen molar-refractivity contribution in [2.24, 2.45) is 0 Å². The van der Waals surface area contributed by atoms with Crippen LogP contribution in [0.2, 0.25) is 0 Å². The van der Waals surface area contributed by atoms with Crippen molar-refractivity contribution >= 4 is 23.6 Å². The quantitative estimate of drug-likeness (QED) is 0.615. The van der Waals surface area contributed by atoms with Crippen LogP contribution in [0, 0.1) is 20.8 Å². The molecule has 2 amide bonds. The van der Waals surface area contributed by atoms with Gasteiger partial charge >= 0.3 is 0 Å². The molecule has 30 heavy (non-hydrogen) atoms. The summed E-state index contributed by atoms with van der Waals surface area (Å²) in [5.41, 5.74) is 6.39. The third-order valence-electron chi connectivity index (χ3n) is 4.93. The van der Waals surface area contributed by atoms with E-state index in [0.717, 1.165) is 17.0 Å². The Kier molecular flexibility index (Phi) is 6.47. The molecule has 0 spiro atoms. The van der Waals surface area contributed by atoms with Gasteiger partial charge in [0, 0.05) is 35.6 Å². The SMILES string of the molecule is CNC(=O)c1ccc(NC(=O)/C=C/c2c(C)nn(Cc3ccc(C)cc3)c2C)cc1. The molecule has 0 aliphatic rings. The number of nitrogens with zero attached hydrogens (tertiary/aromatic N) is 2. The highest BCUT2D eigenvalue weighted by molar-refractivity contribution is 6.02. The largest absolute Gasteiger partial charge is 0.355 e. The summed E-state index contributed by atoms with van der Waals surface area (Å²) in [6, 6.07) is 15.1. The molecule has 0 saturated carbocycles. The van der Waals surface area contributed by atoms with Gasteiger partial charge in [0.2, 0.25) is 5.91 Å². The number of aromatic nitrogens is 2. The third-order valence-corrected chi connectivity index (χ3v) is 4.93. The van der Waals surface area contributed by atoms with E-state index >= 15 is 0 Å². The third kappa shape index (κ3) is 5.03. The van der Waals surface area contributed by atoms with Crippen molar-refractivity contribution in [2.75, 3.05) is 12.4 Å². The number of amides is 2. The van der Waals surface area contributed by atoms with Crippen LogP contribution in [0.25, 0.3) is 6.08 Å². The van der Waals surface area contributed by atoms with E-state index in [2.05, 4.69) is 46.9 Å². The second-order valence-corrected chi connectivity index (χ2v) is 7.21. The van der Waals surface area contributed by atoms with Gasteiger partial charge in [-0.25, -0.2) is 0 Å². The summed E-state index contributed by atoms with van der Waals surface area (Å²) in [7, 11) is 1.58. The fourth-order valence-corrected chi connectivity index (χ4v) is 3.16. The van der Waals surface area contributed by atoms with Gasteiger partial charge in [-0.1, -0.05) is 29.8 Å². The number of carbonyl (C=O) groups excluding carboxylic acids is 2. The Hall–Kier alpha value is -3.67. The van der Waals surface area contributed by atoms with Crippen molar-refractivity contribution < 1.29 is 9.59 Å². The Morgan fingerprint density at radius 2 is 1.67 bits per heavy atom. The number of rotatable bonds is 6. The van der Waals surface area contributed by atoms with Crippen molar-refractivity contribution in [3.05, 3.63) is 88.2 Å². The number of hydrogen-bond acceptors (Lipinski definition) is 3. The van der Waals surface area contributed by atoms with E-state index in [0.29, 0.717) is 17.8 Å². The van der Waals surface area contributed by atoms with Gasteiger partial charge in [0.05, 0.1) is 12.2 Å². The maximum absolute atomic E-state index is 12.3. The first-order chi connectivity index (χ1) is 14.4. The van der Waals surface area contributed by atoms with E-state index in [1.54, 1.807) is 37.4 Å². The fourth-order valence-electron chi connectivity index (χ4n) is 3.16. The van der Waals surface area contributed by atoms with Gasteiger partial charge in [0.15, 0.2) is 0 Å². The Balaban J connectivity index is 1.68. The Morgan fingerprint density at radius 3 is 2.30 bits per heavy atom. The Morgan fingerprint density at radius 1 is 1.00 bits per heavy atom. The van der Waals surface area contributed by atoms with E-state index in [1.807, 2.05) is 18.5 Å². The van der Waals surface area contributed by atoms with Crippen LogP contribution in [0.1, 0.15) is 38.4 Å². The summed E-state index contributed by atoms with van der Waals surface area (Å²) in [5, 5.41) is 9.99. The van der Waals surface area contributed by atoms with Crippen LogP contribution in [0.4, 0.5) is 5.69 Å². The molecule has 3 aromatic rings. The molecule has 6 heteroatoms. The van der Waals surface area contributed by atoms with Gasteiger partial charge in [-0.05, 0) is 56.7 Å². The zero-order valence-electron chi connectivity index (χ0n) is 17.7. The van der Waals surface area contributed by atoms with Crippen molar-refractivity contribution in [2.45, 2.75) is 27.3 Å². The molecule has 2 aromatic carbocycles. The number of carbonyl (C=O) groups is 2. The van der Waals surface area contributed by atoms with Gasteiger partial charge < -0.3 is 10.6 Å². The molecule has 0 bridgehead atoms. The molecule has 0 unspecified atom stereocenters. The zero-order valence-corrected chi connectivity index (χ0v) is 17.7. The average molecular weight is 402 g/mol. The summed E-state index contributed by atoms with van der Waals surface area (Å²) in [6.07, 6.45) is 3.29. The lowest BCUT2D eigenvalue weighted by Crippen LogP contribution is -2.17. The molecular formula is C24H26N4O2. The van der Waals surface area contributed by atoms with Crippen molar-refractivity contribution in [1.82, 2.24) is 15.1 Å². The minimum Gasteiger partial charge on any atom is -0.355 e. The molecule has 1 aromatic heterocycles. The molecule has 1 heterocycles. The van der Waals surface area contributed by atoms with Gasteiger partial charge in [-0.15, -0.1) is 0 Å². The smallest absolute Gasteiger partial charge is 0.251 e. The number of aryl methyl sites for hydroxylation is 2. The first-order valence-electron chi connectivity index (χ1n) is 9.78. The molecule has 6 nitrogen and oxygen atoms in total. The number of benzene rings is 2. The van der Waals surface area contributed by atoms with E-state index in [1.165, 1.54) is 17.2 Å². The highest BCUT2D eigenvalue weighted by Crippen LogP contribution is 2.17. The molecule has 2 N–H and O–H groups in total. The van der Waals surface area contributed by atoms with E-state index < -0.39 is 0 Å². The van der Waals surface area contributed by atoms with Crippen LogP contribution in [0.15, 0.2) is 54.6 Å². The van der Waals surface area contributed by atoms with Crippen molar-refractivity contribution in [3.63, 3.8) is 0 Å². The molecule has 0 saturated heterocycles. The van der Waals surface area contributed by atoms with Crippen LogP contribution in [-0.4, -0.2) is 28.6 Å². The maximum Gasteiger partial charge on any atom is 0.251 e. The monoisotopic (exact) mass is 402 g/mol. The second-order valence-electron chi connectivity index (χ2n) is 7.21. The second kappa shape index (κ2) is 9.22. The topological polar surface area (TPSA) is 76.0 Å². The molecule has 0 radical (unpaired) electrons. The Bertz CT molecular complexity index is 1080. The summed E-state index contributed by atoms with van der Waals surface area (Å²) < 4.78 is 1.95. The molecule has 154 valence electrons. The fraction of sp³-hybridized carbons (Fsp3) is 0.208. The lowest BCUT2D eigenvalue weighted by Gasteiger charge is -2.05. The minimum absolute atomic E-state index is 0.165. The number of hydrogen-bond donors (Lipinski definition) is 2. The van der Waals surface area contributed by atoms with E-state index in [9.17, 15) is 9.59 Å². The van der Waals surface area contributed by atoms with Gasteiger partial charge in [0.25, 0.3) is 5.91 Å². The van der Waals surface area contributed by atoms with Crippen LogP contribution < -0.4 is 10.6 Å². The lowest BCUT2D eigenvalue weighted by molar-refractivity contribution is -0.111. The predicted octanol–water partition coefficient (Wildman–Crippen LogP) is 3.87. The number of nitrogens with one attached hydrogen (secondary N) is 2. The first-order valence-corrected chi connectivity index (χ1v) is 9.78. The first kappa shape index (κ1) is 21.0. The standard InChI is InChI=1S/C24H26N4O2/c1-16-5-7-19(8-6-16)15-28-18(3)22(17(2)27-28)13-14-23(29)26-21-11-9-20(10-12-21)24(30)25-4/h5-14H,15H2,1-4H3,(H,25,30)(H,26,29)/b14-13+. The summed E-state index contributed by atoms with van der Waals surface area (Å²) in [6.45, 7) is 6.69. The lowest BCUT2D eigenvalue weighted by atomic mass is 10.1. The summed E-state index contributed by atoms with van der Waals surface area (Å²) >= 11 is 0. The maximum atomic E-state index is 12.3. The van der Waals surface area contributed by atoms with Crippen LogP contribution in [0.5, 0.6) is 0 Å². The molecule has 0 aliphatic heterocycles. The van der Waals surface area contributed by atoms with Crippen molar-refractivity contribution in [3.8, 4) is 0 Å².